The molecule has 1 aliphatic rings. The molecule has 0 unspecified atom stereocenters. The number of nitrogens with zero attached hydrogens (tertiary/aromatic N) is 2. The zero-order chi connectivity index (χ0) is 20.3. The second kappa shape index (κ2) is 8.39. The van der Waals surface area contributed by atoms with Crippen molar-refractivity contribution in [1.29, 1.82) is 0 Å². The number of hydrogen-bond acceptors (Lipinski definition) is 3. The quantitative estimate of drug-likeness (QED) is 0.800. The van der Waals surface area contributed by atoms with Gasteiger partial charge in [0.05, 0.1) is 10.6 Å². The van der Waals surface area contributed by atoms with Crippen LogP contribution in [0.3, 0.4) is 0 Å². The van der Waals surface area contributed by atoms with Gasteiger partial charge >= 0.3 is 6.18 Å². The topological polar surface area (TPSA) is 45.2 Å². The van der Waals surface area contributed by atoms with Crippen LogP contribution in [0.1, 0.15) is 29.5 Å². The van der Waals surface area contributed by atoms with Gasteiger partial charge in [0, 0.05) is 31.7 Å². The van der Waals surface area contributed by atoms with Crippen LogP contribution in [-0.4, -0.2) is 24.0 Å². The monoisotopic (exact) mass is 411 g/mol. The molecule has 8 heteroatoms. The van der Waals surface area contributed by atoms with E-state index in [0.717, 1.165) is 23.4 Å². The molecule has 0 bridgehead atoms. The van der Waals surface area contributed by atoms with Crippen LogP contribution in [0.15, 0.2) is 36.5 Å². The molecule has 2 heterocycles. The normalized spacial score (nSPS) is 15.5. The molecule has 0 radical (unpaired) electrons. The molecule has 1 fully saturated rings. The van der Waals surface area contributed by atoms with E-state index in [1.54, 1.807) is 0 Å². The fourth-order valence-electron chi connectivity index (χ4n) is 3.21. The highest BCUT2D eigenvalue weighted by Gasteiger charge is 2.33. The summed E-state index contributed by atoms with van der Waals surface area (Å²) in [6.45, 7) is 3.51. The van der Waals surface area contributed by atoms with Crippen LogP contribution in [0.5, 0.6) is 0 Å². The summed E-state index contributed by atoms with van der Waals surface area (Å²) in [7, 11) is 0. The molecule has 1 aromatic carbocycles. The molecule has 0 saturated carbocycles. The van der Waals surface area contributed by atoms with E-state index in [4.69, 9.17) is 11.6 Å². The Morgan fingerprint density at radius 2 is 1.89 bits per heavy atom. The van der Waals surface area contributed by atoms with Crippen molar-refractivity contribution < 1.29 is 18.0 Å². The molecule has 1 aliphatic heterocycles. The highest BCUT2D eigenvalue weighted by molar-refractivity contribution is 6.33. The first-order valence-electron chi connectivity index (χ1n) is 9.05. The van der Waals surface area contributed by atoms with Crippen molar-refractivity contribution in [2.45, 2.75) is 32.5 Å². The Labute approximate surface area is 166 Å². The summed E-state index contributed by atoms with van der Waals surface area (Å²) in [4.78, 5) is 18.1. The van der Waals surface area contributed by atoms with Gasteiger partial charge in [-0.2, -0.15) is 13.2 Å². The number of piperidine rings is 1. The first-order chi connectivity index (χ1) is 13.2. The van der Waals surface area contributed by atoms with Gasteiger partial charge in [-0.3, -0.25) is 4.79 Å². The highest BCUT2D eigenvalue weighted by atomic mass is 35.5. The van der Waals surface area contributed by atoms with E-state index in [1.165, 1.54) is 0 Å². The number of benzene rings is 1. The molecule has 1 N–H and O–H groups in total. The zero-order valence-corrected chi connectivity index (χ0v) is 16.1. The number of aryl methyl sites for hydroxylation is 1. The van der Waals surface area contributed by atoms with Gasteiger partial charge in [0.25, 0.3) is 0 Å². The smallest absolute Gasteiger partial charge is 0.355 e. The predicted octanol–water partition coefficient (Wildman–Crippen LogP) is 4.60. The van der Waals surface area contributed by atoms with Crippen LogP contribution < -0.4 is 10.2 Å². The third kappa shape index (κ3) is 4.95. The SMILES string of the molecule is Cc1ccc(CNC(=O)C2CCN(c3ncc(C(F)(F)F)cc3Cl)CC2)cc1. The summed E-state index contributed by atoms with van der Waals surface area (Å²) in [6.07, 6.45) is -2.49. The lowest BCUT2D eigenvalue weighted by atomic mass is 9.95. The zero-order valence-electron chi connectivity index (χ0n) is 15.4. The molecule has 0 spiro atoms. The molecule has 4 nitrogen and oxygen atoms in total. The molecule has 1 amide bonds. The lowest BCUT2D eigenvalue weighted by Crippen LogP contribution is -2.40. The van der Waals surface area contributed by atoms with Crippen molar-refractivity contribution >= 4 is 23.3 Å². The molecule has 0 atom stereocenters. The predicted molar refractivity (Wildman–Crippen MR) is 102 cm³/mol. The van der Waals surface area contributed by atoms with E-state index in [2.05, 4.69) is 10.3 Å². The number of alkyl halides is 3. The number of amides is 1. The summed E-state index contributed by atoms with van der Waals surface area (Å²) in [5, 5.41) is 2.92. The van der Waals surface area contributed by atoms with Crippen molar-refractivity contribution in [3.05, 3.63) is 58.2 Å². The number of halogens is 4. The van der Waals surface area contributed by atoms with Crippen molar-refractivity contribution in [3.8, 4) is 0 Å². The molecule has 28 heavy (non-hydrogen) atoms. The number of carbonyl (C=O) groups excluding carboxylic acids is 1. The Morgan fingerprint density at radius 3 is 2.46 bits per heavy atom. The van der Waals surface area contributed by atoms with Crippen LogP contribution in [0.4, 0.5) is 19.0 Å². The van der Waals surface area contributed by atoms with Crippen LogP contribution in [-0.2, 0) is 17.5 Å². The molecule has 3 rings (SSSR count). The van der Waals surface area contributed by atoms with Crippen LogP contribution >= 0.6 is 11.6 Å². The minimum Gasteiger partial charge on any atom is -0.355 e. The average Bonchev–Trinajstić information content (AvgIpc) is 2.67. The summed E-state index contributed by atoms with van der Waals surface area (Å²) in [5.41, 5.74) is 1.33. The second-order valence-corrected chi connectivity index (χ2v) is 7.40. The van der Waals surface area contributed by atoms with Crippen molar-refractivity contribution in [3.63, 3.8) is 0 Å². The number of nitrogens with one attached hydrogen (secondary N) is 1. The van der Waals surface area contributed by atoms with Gasteiger partial charge < -0.3 is 10.2 Å². The fraction of sp³-hybridized carbons (Fsp3) is 0.400. The van der Waals surface area contributed by atoms with Gasteiger partial charge in [0.15, 0.2) is 0 Å². The lowest BCUT2D eigenvalue weighted by molar-refractivity contribution is -0.137. The fourth-order valence-corrected chi connectivity index (χ4v) is 3.50. The molecule has 0 aliphatic carbocycles. The summed E-state index contributed by atoms with van der Waals surface area (Å²) >= 11 is 6.01. The lowest BCUT2D eigenvalue weighted by Gasteiger charge is -2.32. The molecule has 1 aromatic heterocycles. The molecular formula is C20H21ClF3N3O. The van der Waals surface area contributed by atoms with Crippen LogP contribution in [0.25, 0.3) is 0 Å². The Bertz CT molecular complexity index is 832. The summed E-state index contributed by atoms with van der Waals surface area (Å²) in [5.74, 6) is 0.190. The largest absolute Gasteiger partial charge is 0.417 e. The van der Waals surface area contributed by atoms with Gasteiger partial charge in [0.2, 0.25) is 5.91 Å². The highest BCUT2D eigenvalue weighted by Crippen LogP contribution is 2.34. The van der Waals surface area contributed by atoms with E-state index in [9.17, 15) is 18.0 Å². The van der Waals surface area contributed by atoms with Gasteiger partial charge in [-0.15, -0.1) is 0 Å². The Kier molecular flexibility index (Phi) is 6.13. The van der Waals surface area contributed by atoms with E-state index in [1.807, 2.05) is 36.1 Å². The maximum absolute atomic E-state index is 12.7. The van der Waals surface area contributed by atoms with Crippen molar-refractivity contribution in [2.75, 3.05) is 18.0 Å². The number of hydrogen-bond donors (Lipinski definition) is 1. The maximum Gasteiger partial charge on any atom is 0.417 e. The summed E-state index contributed by atoms with van der Waals surface area (Å²) < 4.78 is 38.2. The maximum atomic E-state index is 12.7. The Morgan fingerprint density at radius 1 is 1.25 bits per heavy atom. The molecule has 1 saturated heterocycles. The Hall–Kier alpha value is -2.28. The van der Waals surface area contributed by atoms with Crippen LogP contribution in [0, 0.1) is 12.8 Å². The van der Waals surface area contributed by atoms with Crippen molar-refractivity contribution in [1.82, 2.24) is 10.3 Å². The Balaban J connectivity index is 1.54. The number of carbonyl (C=O) groups is 1. The van der Waals surface area contributed by atoms with E-state index >= 15 is 0 Å². The first-order valence-corrected chi connectivity index (χ1v) is 9.43. The van der Waals surface area contributed by atoms with Gasteiger partial charge in [-0.05, 0) is 31.4 Å². The molecular weight excluding hydrogens is 391 g/mol. The van der Waals surface area contributed by atoms with E-state index in [0.29, 0.717) is 38.3 Å². The number of pyridine rings is 1. The van der Waals surface area contributed by atoms with E-state index < -0.39 is 11.7 Å². The van der Waals surface area contributed by atoms with E-state index in [-0.39, 0.29) is 16.8 Å². The van der Waals surface area contributed by atoms with Gasteiger partial charge in [-0.1, -0.05) is 41.4 Å². The minimum atomic E-state index is -4.47. The number of aromatic nitrogens is 1. The average molecular weight is 412 g/mol. The first kappa shape index (κ1) is 20.5. The second-order valence-electron chi connectivity index (χ2n) is 6.99. The molecule has 2 aromatic rings. The standard InChI is InChI=1S/C20H21ClF3N3O/c1-13-2-4-14(5-3-13)11-26-19(28)15-6-8-27(9-7-15)18-17(21)10-16(12-25-18)20(22,23)24/h2-5,10,12,15H,6-9,11H2,1H3,(H,26,28). The summed E-state index contributed by atoms with van der Waals surface area (Å²) in [6, 6.07) is 8.86. The third-order valence-electron chi connectivity index (χ3n) is 4.90. The van der Waals surface area contributed by atoms with Crippen LogP contribution in [0.2, 0.25) is 5.02 Å². The third-order valence-corrected chi connectivity index (χ3v) is 5.18. The number of anilines is 1. The van der Waals surface area contributed by atoms with Crippen molar-refractivity contribution in [2.24, 2.45) is 5.92 Å². The van der Waals surface area contributed by atoms with Gasteiger partial charge in [0.1, 0.15) is 5.82 Å². The molecule has 150 valence electrons. The van der Waals surface area contributed by atoms with Gasteiger partial charge in [-0.25, -0.2) is 4.98 Å². The minimum absolute atomic E-state index is 0.00768. The number of rotatable bonds is 4.